The smallest absolute Gasteiger partial charge is 0.309 e. The molecule has 0 aliphatic heterocycles. The molecule has 4 amide bonds. The molecule has 0 saturated heterocycles. The minimum Gasteiger partial charge on any atom is -0.347 e. The summed E-state index contributed by atoms with van der Waals surface area (Å²) in [5, 5.41) is 10.2. The van der Waals surface area contributed by atoms with Crippen molar-refractivity contribution in [2.24, 2.45) is 0 Å². The molecule has 8 nitrogen and oxygen atoms in total. The normalized spacial score (nSPS) is 9.73. The molecule has 126 valence electrons. The van der Waals surface area contributed by atoms with Gasteiger partial charge in [-0.1, -0.05) is 0 Å². The summed E-state index contributed by atoms with van der Waals surface area (Å²) in [6.45, 7) is 3.57. The largest absolute Gasteiger partial charge is 0.347 e. The summed E-state index contributed by atoms with van der Waals surface area (Å²) in [4.78, 5) is 44.1. The summed E-state index contributed by atoms with van der Waals surface area (Å²) in [6.07, 6.45) is 0. The molecule has 0 saturated carbocycles. The first-order valence-corrected chi connectivity index (χ1v) is 8.94. The molecular weight excluding hydrogens is 328 g/mol. The van der Waals surface area contributed by atoms with E-state index in [-0.39, 0.29) is 11.8 Å². The minimum absolute atomic E-state index is 0.104. The molecular formula is C12H22N4O4S2. The van der Waals surface area contributed by atoms with Gasteiger partial charge in [-0.05, 0) is 0 Å². The molecule has 0 atom stereocenters. The molecule has 0 spiro atoms. The molecule has 0 aliphatic carbocycles. The highest BCUT2D eigenvalue weighted by Crippen LogP contribution is 1.95. The molecule has 0 aliphatic rings. The predicted octanol–water partition coefficient (Wildman–Crippen LogP) is -1.13. The Balaban J connectivity index is 3.49. The Bertz CT molecular complexity index is 357. The molecule has 0 aromatic carbocycles. The SMILES string of the molecule is CC(=O)NCSCCNC(=O)C(=O)NCCSCNC(C)=O. The van der Waals surface area contributed by atoms with E-state index in [0.717, 1.165) is 0 Å². The molecule has 0 unspecified atom stereocenters. The maximum Gasteiger partial charge on any atom is 0.309 e. The average Bonchev–Trinajstić information content (AvgIpc) is 2.45. The quantitative estimate of drug-likeness (QED) is 0.225. The van der Waals surface area contributed by atoms with Gasteiger partial charge >= 0.3 is 11.8 Å². The molecule has 0 heterocycles. The summed E-state index contributed by atoms with van der Waals surface area (Å²) >= 11 is 2.90. The van der Waals surface area contributed by atoms with Crippen LogP contribution in [-0.2, 0) is 19.2 Å². The van der Waals surface area contributed by atoms with Gasteiger partial charge in [0.1, 0.15) is 0 Å². The lowest BCUT2D eigenvalue weighted by Crippen LogP contribution is -2.41. The fourth-order valence-electron chi connectivity index (χ4n) is 1.08. The lowest BCUT2D eigenvalue weighted by molar-refractivity contribution is -0.139. The third-order valence-electron chi connectivity index (χ3n) is 2.12. The highest BCUT2D eigenvalue weighted by Gasteiger charge is 2.11. The van der Waals surface area contributed by atoms with E-state index in [9.17, 15) is 19.2 Å². The molecule has 0 aromatic heterocycles. The van der Waals surface area contributed by atoms with Gasteiger partial charge in [-0.3, -0.25) is 19.2 Å². The maximum absolute atomic E-state index is 11.4. The van der Waals surface area contributed by atoms with Crippen molar-refractivity contribution in [2.75, 3.05) is 36.3 Å². The Hall–Kier alpha value is -1.42. The first-order valence-electron chi connectivity index (χ1n) is 6.64. The van der Waals surface area contributed by atoms with Crippen LogP contribution < -0.4 is 21.3 Å². The van der Waals surface area contributed by atoms with E-state index in [1.165, 1.54) is 37.4 Å². The zero-order chi connectivity index (χ0) is 16.8. The van der Waals surface area contributed by atoms with Crippen molar-refractivity contribution in [2.45, 2.75) is 13.8 Å². The number of carbonyl (C=O) groups is 4. The zero-order valence-corrected chi connectivity index (χ0v) is 14.3. The summed E-state index contributed by atoms with van der Waals surface area (Å²) in [5.41, 5.74) is 0. The van der Waals surface area contributed by atoms with E-state index >= 15 is 0 Å². The van der Waals surface area contributed by atoms with E-state index in [0.29, 0.717) is 36.3 Å². The lowest BCUT2D eigenvalue weighted by atomic mass is 10.5. The van der Waals surface area contributed by atoms with Gasteiger partial charge in [0.2, 0.25) is 11.8 Å². The van der Waals surface area contributed by atoms with Gasteiger partial charge in [0, 0.05) is 38.4 Å². The zero-order valence-electron chi connectivity index (χ0n) is 12.7. The van der Waals surface area contributed by atoms with Crippen molar-refractivity contribution in [1.82, 2.24) is 21.3 Å². The van der Waals surface area contributed by atoms with E-state index in [4.69, 9.17) is 0 Å². The fraction of sp³-hybridized carbons (Fsp3) is 0.667. The van der Waals surface area contributed by atoms with E-state index < -0.39 is 11.8 Å². The van der Waals surface area contributed by atoms with Crippen LogP contribution in [0.4, 0.5) is 0 Å². The van der Waals surface area contributed by atoms with Crippen LogP contribution in [0.3, 0.4) is 0 Å². The Morgan fingerprint density at radius 1 is 0.682 bits per heavy atom. The number of carbonyl (C=O) groups excluding carboxylic acids is 4. The number of amides is 4. The number of hydrogen-bond acceptors (Lipinski definition) is 6. The van der Waals surface area contributed by atoms with Gasteiger partial charge < -0.3 is 21.3 Å². The molecule has 0 fully saturated rings. The molecule has 0 bridgehead atoms. The first-order chi connectivity index (χ1) is 10.4. The Labute approximate surface area is 138 Å². The van der Waals surface area contributed by atoms with Gasteiger partial charge in [0.15, 0.2) is 0 Å². The summed E-state index contributed by atoms with van der Waals surface area (Å²) in [7, 11) is 0. The van der Waals surface area contributed by atoms with Gasteiger partial charge in [0.05, 0.1) is 11.8 Å². The van der Waals surface area contributed by atoms with Crippen LogP contribution in [0.2, 0.25) is 0 Å². The van der Waals surface area contributed by atoms with Crippen LogP contribution in [0, 0.1) is 0 Å². The van der Waals surface area contributed by atoms with Crippen molar-refractivity contribution in [3.63, 3.8) is 0 Å². The Morgan fingerprint density at radius 3 is 1.36 bits per heavy atom. The van der Waals surface area contributed by atoms with Crippen LogP contribution >= 0.6 is 23.5 Å². The number of thioether (sulfide) groups is 2. The van der Waals surface area contributed by atoms with Crippen LogP contribution in [0.15, 0.2) is 0 Å². The number of rotatable bonds is 10. The number of nitrogens with one attached hydrogen (secondary N) is 4. The Morgan fingerprint density at radius 2 is 1.05 bits per heavy atom. The van der Waals surface area contributed by atoms with Crippen molar-refractivity contribution in [3.05, 3.63) is 0 Å². The van der Waals surface area contributed by atoms with Crippen molar-refractivity contribution in [1.29, 1.82) is 0 Å². The first kappa shape index (κ1) is 20.6. The second kappa shape index (κ2) is 13.3. The Kier molecular flexibility index (Phi) is 12.4. The van der Waals surface area contributed by atoms with Gasteiger partial charge in [0.25, 0.3) is 0 Å². The summed E-state index contributed by atoms with van der Waals surface area (Å²) in [5.74, 6) is 0.599. The van der Waals surface area contributed by atoms with E-state index in [1.54, 1.807) is 0 Å². The van der Waals surface area contributed by atoms with Crippen LogP contribution in [0.5, 0.6) is 0 Å². The third kappa shape index (κ3) is 13.6. The van der Waals surface area contributed by atoms with Crippen LogP contribution in [0.25, 0.3) is 0 Å². The van der Waals surface area contributed by atoms with E-state index in [2.05, 4.69) is 21.3 Å². The van der Waals surface area contributed by atoms with Gasteiger partial charge in [-0.15, -0.1) is 23.5 Å². The molecule has 4 N–H and O–H groups in total. The third-order valence-corrected chi connectivity index (χ3v) is 3.80. The maximum atomic E-state index is 11.4. The van der Waals surface area contributed by atoms with Crippen molar-refractivity contribution < 1.29 is 19.2 Å². The summed E-state index contributed by atoms with van der Waals surface area (Å²) < 4.78 is 0. The highest BCUT2D eigenvalue weighted by molar-refractivity contribution is 7.99. The van der Waals surface area contributed by atoms with Crippen LogP contribution in [0.1, 0.15) is 13.8 Å². The molecule has 0 radical (unpaired) electrons. The monoisotopic (exact) mass is 350 g/mol. The predicted molar refractivity (Wildman–Crippen MR) is 88.3 cm³/mol. The highest BCUT2D eigenvalue weighted by atomic mass is 32.2. The second-order valence-electron chi connectivity index (χ2n) is 4.08. The van der Waals surface area contributed by atoms with Gasteiger partial charge in [-0.2, -0.15) is 0 Å². The molecule has 0 rings (SSSR count). The second-order valence-corrected chi connectivity index (χ2v) is 6.29. The molecule has 22 heavy (non-hydrogen) atoms. The van der Waals surface area contributed by atoms with Crippen LogP contribution in [-0.4, -0.2) is 60.0 Å². The standard InChI is InChI=1S/C12H22N4O4S2/c1-9(17)15-7-21-5-3-13-11(19)12(20)14-4-6-22-8-16-10(2)18/h3-8H2,1-2H3,(H,13,19)(H,14,20)(H,15,17)(H,16,18). The molecule has 10 heteroatoms. The fourth-order valence-corrected chi connectivity index (χ4v) is 2.48. The topological polar surface area (TPSA) is 116 Å². The minimum atomic E-state index is -0.674. The van der Waals surface area contributed by atoms with Crippen molar-refractivity contribution in [3.8, 4) is 0 Å². The lowest BCUT2D eigenvalue weighted by Gasteiger charge is -2.07. The average molecular weight is 350 g/mol. The molecule has 0 aromatic rings. The van der Waals surface area contributed by atoms with E-state index in [1.807, 2.05) is 0 Å². The van der Waals surface area contributed by atoms with Gasteiger partial charge in [-0.25, -0.2) is 0 Å². The number of hydrogen-bond donors (Lipinski definition) is 4. The summed E-state index contributed by atoms with van der Waals surface area (Å²) in [6, 6.07) is 0. The van der Waals surface area contributed by atoms with Crippen molar-refractivity contribution >= 4 is 47.2 Å².